The Balaban J connectivity index is 2.89. The van der Waals surface area contributed by atoms with Crippen molar-refractivity contribution in [1.29, 1.82) is 0 Å². The van der Waals surface area contributed by atoms with Crippen molar-refractivity contribution in [1.82, 2.24) is 5.32 Å². The molecule has 3 N–H and O–H groups in total. The molecule has 0 aliphatic rings. The third-order valence-electron chi connectivity index (χ3n) is 2.33. The number of carbonyl (C=O) groups excluding carboxylic acids is 1. The molecule has 0 saturated carbocycles. The maximum absolute atomic E-state index is 13.3. The van der Waals surface area contributed by atoms with Crippen LogP contribution in [0.2, 0.25) is 0 Å². The second-order valence-electron chi connectivity index (χ2n) is 3.92. The number of rotatable bonds is 5. The molecule has 0 saturated heterocycles. The number of sulfonamides is 1. The number of nitrogens with one attached hydrogen (secondary N) is 1. The smallest absolute Gasteiger partial charge is 0.257 e. The summed E-state index contributed by atoms with van der Waals surface area (Å²) >= 11 is 0. The van der Waals surface area contributed by atoms with Gasteiger partial charge in [-0.15, -0.1) is 0 Å². The highest BCUT2D eigenvalue weighted by atomic mass is 32.2. The van der Waals surface area contributed by atoms with E-state index in [1.54, 1.807) is 0 Å². The van der Waals surface area contributed by atoms with Crippen LogP contribution in [0.1, 0.15) is 16.8 Å². The number of amides is 1. The highest BCUT2D eigenvalue weighted by molar-refractivity contribution is 7.89. The summed E-state index contributed by atoms with van der Waals surface area (Å²) in [7, 11) is -3.79. The summed E-state index contributed by atoms with van der Waals surface area (Å²) in [5, 5.41) is 6.50. The lowest BCUT2D eigenvalue weighted by molar-refractivity contribution is 0.0942. The van der Waals surface area contributed by atoms with Gasteiger partial charge in [0, 0.05) is 6.54 Å². The van der Waals surface area contributed by atoms with E-state index in [0.717, 1.165) is 0 Å². The molecule has 0 heterocycles. The highest BCUT2D eigenvalue weighted by Crippen LogP contribution is 2.22. The normalized spacial score (nSPS) is 11.5. The molecule has 0 spiro atoms. The van der Waals surface area contributed by atoms with Crippen molar-refractivity contribution in [3.05, 3.63) is 34.6 Å². The Bertz CT molecular complexity index is 649. The molecule has 21 heavy (non-hydrogen) atoms. The van der Waals surface area contributed by atoms with Gasteiger partial charge in [0.2, 0.25) is 15.8 Å². The predicted octanol–water partition coefficient (Wildman–Crippen LogP) is 0.790. The van der Waals surface area contributed by atoms with Crippen molar-refractivity contribution in [2.45, 2.75) is 6.42 Å². The highest BCUT2D eigenvalue weighted by Gasteiger charge is 2.29. The fourth-order valence-corrected chi connectivity index (χ4v) is 1.91. The Kier molecular flexibility index (Phi) is 5.23. The fraction of sp³-hybridized carbons (Fsp3) is 0.300. The van der Waals surface area contributed by atoms with E-state index in [4.69, 9.17) is 0 Å². The molecule has 1 aromatic carbocycles. The fourth-order valence-electron chi connectivity index (χ4n) is 1.37. The number of nitrogens with two attached hydrogens (primary N) is 1. The first-order valence-electron chi connectivity index (χ1n) is 5.36. The molecule has 118 valence electrons. The Morgan fingerprint density at radius 3 is 1.81 bits per heavy atom. The van der Waals surface area contributed by atoms with Crippen molar-refractivity contribution in [2.75, 3.05) is 12.3 Å². The third-order valence-corrected chi connectivity index (χ3v) is 3.19. The zero-order valence-electron chi connectivity index (χ0n) is 10.2. The van der Waals surface area contributed by atoms with E-state index >= 15 is 0 Å². The summed E-state index contributed by atoms with van der Waals surface area (Å²) in [5.41, 5.74) is -1.64. The van der Waals surface area contributed by atoms with E-state index in [0.29, 0.717) is 0 Å². The van der Waals surface area contributed by atoms with Crippen LogP contribution in [0.15, 0.2) is 0 Å². The largest absolute Gasteiger partial charge is 0.352 e. The van der Waals surface area contributed by atoms with Gasteiger partial charge in [0.15, 0.2) is 23.3 Å². The van der Waals surface area contributed by atoms with Gasteiger partial charge >= 0.3 is 0 Å². The first-order chi connectivity index (χ1) is 9.56. The molecule has 0 aromatic heterocycles. The first kappa shape index (κ1) is 17.3. The van der Waals surface area contributed by atoms with Crippen molar-refractivity contribution >= 4 is 15.9 Å². The van der Waals surface area contributed by atoms with Crippen LogP contribution in [0.25, 0.3) is 0 Å². The van der Waals surface area contributed by atoms with Crippen LogP contribution >= 0.6 is 0 Å². The number of carbonyl (C=O) groups is 1. The van der Waals surface area contributed by atoms with E-state index in [-0.39, 0.29) is 13.0 Å². The maximum Gasteiger partial charge on any atom is 0.257 e. The van der Waals surface area contributed by atoms with Gasteiger partial charge in [-0.3, -0.25) is 4.79 Å². The van der Waals surface area contributed by atoms with Crippen LogP contribution in [0, 0.1) is 29.1 Å². The quantitative estimate of drug-likeness (QED) is 0.362. The number of benzene rings is 1. The van der Waals surface area contributed by atoms with Crippen LogP contribution < -0.4 is 10.5 Å². The minimum Gasteiger partial charge on any atom is -0.352 e. The SMILES string of the molecule is NS(=O)(=O)CCCNC(=O)c1c(F)c(F)c(F)c(F)c1F. The van der Waals surface area contributed by atoms with Crippen molar-refractivity contribution < 1.29 is 35.2 Å². The second kappa shape index (κ2) is 6.35. The van der Waals surface area contributed by atoms with E-state index in [9.17, 15) is 35.2 Å². The van der Waals surface area contributed by atoms with Gasteiger partial charge in [0.05, 0.1) is 5.75 Å². The third kappa shape index (κ3) is 4.11. The molecule has 1 rings (SSSR count). The lowest BCUT2D eigenvalue weighted by atomic mass is 10.1. The van der Waals surface area contributed by atoms with Crippen LogP contribution in [0.3, 0.4) is 0 Å². The summed E-state index contributed by atoms with van der Waals surface area (Å²) in [4.78, 5) is 11.4. The van der Waals surface area contributed by atoms with Gasteiger partial charge < -0.3 is 5.32 Å². The molecule has 1 amide bonds. The molecule has 0 atom stereocenters. The van der Waals surface area contributed by atoms with Gasteiger partial charge in [0.1, 0.15) is 5.56 Å². The van der Waals surface area contributed by atoms with Crippen molar-refractivity contribution in [2.24, 2.45) is 5.14 Å². The predicted molar refractivity (Wildman–Crippen MR) is 61.2 cm³/mol. The average molecular weight is 332 g/mol. The first-order valence-corrected chi connectivity index (χ1v) is 7.08. The Labute approximate surface area is 116 Å². The molecule has 11 heteroatoms. The second-order valence-corrected chi connectivity index (χ2v) is 5.66. The maximum atomic E-state index is 13.3. The summed E-state index contributed by atoms with van der Waals surface area (Å²) in [6, 6.07) is 0. The minimum absolute atomic E-state index is 0.194. The Morgan fingerprint density at radius 1 is 0.952 bits per heavy atom. The van der Waals surface area contributed by atoms with Crippen LogP contribution in [-0.4, -0.2) is 26.6 Å². The van der Waals surface area contributed by atoms with Gasteiger partial charge in [-0.25, -0.2) is 35.5 Å². The van der Waals surface area contributed by atoms with Crippen molar-refractivity contribution in [3.63, 3.8) is 0 Å². The van der Waals surface area contributed by atoms with Gasteiger partial charge in [-0.1, -0.05) is 0 Å². The molecule has 5 nitrogen and oxygen atoms in total. The topological polar surface area (TPSA) is 89.3 Å². The molecule has 0 bridgehead atoms. The van der Waals surface area contributed by atoms with E-state index in [1.807, 2.05) is 5.32 Å². The molecule has 0 aliphatic heterocycles. The van der Waals surface area contributed by atoms with Crippen LogP contribution in [-0.2, 0) is 10.0 Å². The molecular formula is C10H9F5N2O3S. The summed E-state index contributed by atoms with van der Waals surface area (Å²) < 4.78 is 86.2. The molecule has 0 unspecified atom stereocenters. The number of halogens is 5. The lowest BCUT2D eigenvalue weighted by Crippen LogP contribution is -2.29. The standard InChI is InChI=1S/C10H9F5N2O3S/c11-5-4(6(12)8(14)9(15)7(5)13)10(18)17-2-1-3-21(16,19)20/h1-3H2,(H,17,18)(H2,16,19,20). The zero-order chi connectivity index (χ0) is 16.4. The Morgan fingerprint density at radius 2 is 1.38 bits per heavy atom. The van der Waals surface area contributed by atoms with Gasteiger partial charge in [-0.05, 0) is 6.42 Å². The van der Waals surface area contributed by atoms with Gasteiger partial charge in [-0.2, -0.15) is 0 Å². The zero-order valence-corrected chi connectivity index (χ0v) is 11.0. The number of hydrogen-bond donors (Lipinski definition) is 2. The summed E-state index contributed by atoms with van der Waals surface area (Å²) in [5.74, 6) is -13.5. The minimum atomic E-state index is -3.79. The van der Waals surface area contributed by atoms with E-state index < -0.39 is 56.3 Å². The number of hydrogen-bond acceptors (Lipinski definition) is 3. The Hall–Kier alpha value is -1.75. The molecule has 0 fully saturated rings. The van der Waals surface area contributed by atoms with Gasteiger partial charge in [0.25, 0.3) is 5.91 Å². The number of primary sulfonamides is 1. The molecule has 0 aliphatic carbocycles. The molecule has 0 radical (unpaired) electrons. The summed E-state index contributed by atoms with van der Waals surface area (Å²) in [6.45, 7) is -0.380. The average Bonchev–Trinajstić information content (AvgIpc) is 2.38. The molecular weight excluding hydrogens is 323 g/mol. The van der Waals surface area contributed by atoms with Crippen LogP contribution in [0.5, 0.6) is 0 Å². The lowest BCUT2D eigenvalue weighted by Gasteiger charge is -2.08. The summed E-state index contributed by atoms with van der Waals surface area (Å²) in [6.07, 6.45) is -0.194. The van der Waals surface area contributed by atoms with Crippen LogP contribution in [0.4, 0.5) is 22.0 Å². The molecule has 1 aromatic rings. The monoisotopic (exact) mass is 332 g/mol. The van der Waals surface area contributed by atoms with Crippen molar-refractivity contribution in [3.8, 4) is 0 Å². The van der Waals surface area contributed by atoms with E-state index in [2.05, 4.69) is 5.14 Å². The van der Waals surface area contributed by atoms with E-state index in [1.165, 1.54) is 0 Å².